The van der Waals surface area contributed by atoms with E-state index < -0.39 is 5.97 Å². The Morgan fingerprint density at radius 2 is 2.21 bits per heavy atom. The Labute approximate surface area is 113 Å². The number of carbonyl (C=O) groups excluding carboxylic acids is 1. The first-order chi connectivity index (χ1) is 9.02. The van der Waals surface area contributed by atoms with Crippen LogP contribution in [0.4, 0.5) is 11.5 Å². The Hall–Kier alpha value is -1.78. The van der Waals surface area contributed by atoms with Crippen molar-refractivity contribution in [2.24, 2.45) is 11.8 Å². The number of methoxy groups -OCH3 is 1. The summed E-state index contributed by atoms with van der Waals surface area (Å²) in [4.78, 5) is 18.2. The minimum atomic E-state index is -0.417. The van der Waals surface area contributed by atoms with E-state index in [-0.39, 0.29) is 0 Å². The molecule has 1 aromatic rings. The minimum Gasteiger partial charge on any atom is -0.465 e. The van der Waals surface area contributed by atoms with Crippen molar-refractivity contribution < 1.29 is 9.53 Å². The second-order valence-corrected chi connectivity index (χ2v) is 5.31. The molecule has 19 heavy (non-hydrogen) atoms. The molecule has 1 aromatic heterocycles. The zero-order chi connectivity index (χ0) is 14.0. The second kappa shape index (κ2) is 5.47. The van der Waals surface area contributed by atoms with Gasteiger partial charge in [0.05, 0.1) is 24.6 Å². The summed E-state index contributed by atoms with van der Waals surface area (Å²) in [7, 11) is 1.35. The van der Waals surface area contributed by atoms with Crippen LogP contribution in [-0.4, -0.2) is 31.2 Å². The van der Waals surface area contributed by atoms with Crippen molar-refractivity contribution in [1.82, 2.24) is 4.98 Å². The molecule has 1 fully saturated rings. The number of esters is 1. The first kappa shape index (κ1) is 13.6. The summed E-state index contributed by atoms with van der Waals surface area (Å²) in [5.41, 5.74) is 6.51. The van der Waals surface area contributed by atoms with Gasteiger partial charge >= 0.3 is 5.97 Å². The van der Waals surface area contributed by atoms with Crippen LogP contribution < -0.4 is 10.6 Å². The molecule has 0 amide bonds. The average molecular weight is 263 g/mol. The third-order valence-electron chi connectivity index (χ3n) is 3.98. The number of nitrogens with zero attached hydrogens (tertiary/aromatic N) is 2. The molecule has 1 aliphatic heterocycles. The highest BCUT2D eigenvalue weighted by molar-refractivity contribution is 5.95. The SMILES string of the molecule is COC(=O)c1cc(N2CCC(C)C(C)C2)ncc1N. The number of pyridine rings is 1. The number of hydrogen-bond acceptors (Lipinski definition) is 5. The Bertz CT molecular complexity index is 476. The maximum Gasteiger partial charge on any atom is 0.340 e. The van der Waals surface area contributed by atoms with Crippen molar-refractivity contribution in [1.29, 1.82) is 0 Å². The number of hydrogen-bond donors (Lipinski definition) is 1. The van der Waals surface area contributed by atoms with E-state index in [9.17, 15) is 4.79 Å². The second-order valence-electron chi connectivity index (χ2n) is 5.31. The zero-order valence-corrected chi connectivity index (χ0v) is 11.7. The van der Waals surface area contributed by atoms with Gasteiger partial charge < -0.3 is 15.4 Å². The third-order valence-corrected chi connectivity index (χ3v) is 3.98. The van der Waals surface area contributed by atoms with Gasteiger partial charge in [-0.2, -0.15) is 0 Å². The average Bonchev–Trinajstić information content (AvgIpc) is 2.41. The van der Waals surface area contributed by atoms with E-state index in [1.54, 1.807) is 6.07 Å². The van der Waals surface area contributed by atoms with Gasteiger partial charge in [-0.25, -0.2) is 9.78 Å². The van der Waals surface area contributed by atoms with Crippen molar-refractivity contribution in [3.05, 3.63) is 17.8 Å². The summed E-state index contributed by atoms with van der Waals surface area (Å²) in [5.74, 6) is 1.73. The van der Waals surface area contributed by atoms with E-state index in [2.05, 4.69) is 23.7 Å². The summed E-state index contributed by atoms with van der Waals surface area (Å²) < 4.78 is 4.73. The summed E-state index contributed by atoms with van der Waals surface area (Å²) in [6, 6.07) is 1.73. The predicted octanol–water partition coefficient (Wildman–Crippen LogP) is 1.93. The van der Waals surface area contributed by atoms with Gasteiger partial charge in [-0.05, 0) is 24.3 Å². The molecule has 2 unspecified atom stereocenters. The van der Waals surface area contributed by atoms with Gasteiger partial charge in [0, 0.05) is 13.1 Å². The molecular formula is C14H21N3O2. The number of piperidine rings is 1. The standard InChI is InChI=1S/C14H21N3O2/c1-9-4-5-17(8-10(9)2)13-6-11(14(18)19-3)12(15)7-16-13/h6-7,9-10H,4-5,8,15H2,1-3H3. The Morgan fingerprint density at radius 1 is 1.47 bits per heavy atom. The smallest absolute Gasteiger partial charge is 0.340 e. The fraction of sp³-hybridized carbons (Fsp3) is 0.571. The molecule has 0 aliphatic carbocycles. The van der Waals surface area contributed by atoms with Gasteiger partial charge in [0.1, 0.15) is 5.82 Å². The topological polar surface area (TPSA) is 68.5 Å². The highest BCUT2D eigenvalue weighted by Crippen LogP contribution is 2.27. The van der Waals surface area contributed by atoms with Gasteiger partial charge in [0.25, 0.3) is 0 Å². The van der Waals surface area contributed by atoms with Crippen LogP contribution in [0.2, 0.25) is 0 Å². The van der Waals surface area contributed by atoms with Gasteiger partial charge in [-0.3, -0.25) is 0 Å². The molecule has 0 radical (unpaired) electrons. The van der Waals surface area contributed by atoms with E-state index in [1.165, 1.54) is 13.3 Å². The minimum absolute atomic E-state index is 0.356. The normalized spacial score (nSPS) is 23.2. The molecule has 1 saturated heterocycles. The summed E-state index contributed by atoms with van der Waals surface area (Å²) in [5, 5.41) is 0. The molecule has 2 atom stereocenters. The van der Waals surface area contributed by atoms with E-state index in [0.29, 0.717) is 17.2 Å². The molecule has 2 heterocycles. The maximum atomic E-state index is 11.6. The van der Waals surface area contributed by atoms with Crippen molar-refractivity contribution >= 4 is 17.5 Å². The molecule has 0 spiro atoms. The maximum absolute atomic E-state index is 11.6. The van der Waals surface area contributed by atoms with Crippen LogP contribution in [0.15, 0.2) is 12.3 Å². The van der Waals surface area contributed by atoms with Crippen molar-refractivity contribution in [2.75, 3.05) is 30.8 Å². The number of nitrogen functional groups attached to an aromatic ring is 1. The van der Waals surface area contributed by atoms with Crippen molar-refractivity contribution in [2.45, 2.75) is 20.3 Å². The van der Waals surface area contributed by atoms with E-state index in [4.69, 9.17) is 10.5 Å². The van der Waals surface area contributed by atoms with Gasteiger partial charge in [0.15, 0.2) is 0 Å². The number of aromatic nitrogens is 1. The fourth-order valence-corrected chi connectivity index (χ4v) is 2.39. The molecule has 1 aliphatic rings. The highest BCUT2D eigenvalue weighted by Gasteiger charge is 2.24. The Balaban J connectivity index is 2.24. The van der Waals surface area contributed by atoms with Crippen LogP contribution in [0.25, 0.3) is 0 Å². The molecule has 2 rings (SSSR count). The molecule has 5 nitrogen and oxygen atoms in total. The van der Waals surface area contributed by atoms with Crippen LogP contribution in [-0.2, 0) is 4.74 Å². The molecule has 0 aromatic carbocycles. The largest absolute Gasteiger partial charge is 0.465 e. The van der Waals surface area contributed by atoms with Crippen LogP contribution in [0.3, 0.4) is 0 Å². The first-order valence-corrected chi connectivity index (χ1v) is 6.61. The molecule has 2 N–H and O–H groups in total. The van der Waals surface area contributed by atoms with Gasteiger partial charge in [0.2, 0.25) is 0 Å². The van der Waals surface area contributed by atoms with Gasteiger partial charge in [-0.1, -0.05) is 13.8 Å². The van der Waals surface area contributed by atoms with Crippen molar-refractivity contribution in [3.8, 4) is 0 Å². The molecule has 5 heteroatoms. The number of carbonyl (C=O) groups is 1. The summed E-state index contributed by atoms with van der Waals surface area (Å²) >= 11 is 0. The molecular weight excluding hydrogens is 242 g/mol. The molecule has 104 valence electrons. The van der Waals surface area contributed by atoms with Crippen LogP contribution in [0.5, 0.6) is 0 Å². The van der Waals surface area contributed by atoms with E-state index >= 15 is 0 Å². The quantitative estimate of drug-likeness (QED) is 0.826. The lowest BCUT2D eigenvalue weighted by Gasteiger charge is -2.36. The number of nitrogens with two attached hydrogens (primary N) is 1. The van der Waals surface area contributed by atoms with Crippen LogP contribution in [0.1, 0.15) is 30.6 Å². The Kier molecular flexibility index (Phi) is 3.93. The summed E-state index contributed by atoms with van der Waals surface area (Å²) in [6.07, 6.45) is 2.67. The van der Waals surface area contributed by atoms with Gasteiger partial charge in [-0.15, -0.1) is 0 Å². The van der Waals surface area contributed by atoms with Crippen LogP contribution in [0, 0.1) is 11.8 Å². The fourth-order valence-electron chi connectivity index (χ4n) is 2.39. The lowest BCUT2D eigenvalue weighted by molar-refractivity contribution is 0.0602. The first-order valence-electron chi connectivity index (χ1n) is 6.61. The number of anilines is 2. The van der Waals surface area contributed by atoms with Crippen LogP contribution >= 0.6 is 0 Å². The molecule has 0 saturated carbocycles. The monoisotopic (exact) mass is 263 g/mol. The zero-order valence-electron chi connectivity index (χ0n) is 11.7. The summed E-state index contributed by atoms with van der Waals surface area (Å²) in [6.45, 7) is 6.44. The van der Waals surface area contributed by atoms with Crippen molar-refractivity contribution in [3.63, 3.8) is 0 Å². The van der Waals surface area contributed by atoms with E-state index in [0.717, 1.165) is 31.2 Å². The lowest BCUT2D eigenvalue weighted by Crippen LogP contribution is -2.39. The van der Waals surface area contributed by atoms with E-state index in [1.807, 2.05) is 0 Å². The highest BCUT2D eigenvalue weighted by atomic mass is 16.5. The molecule has 0 bridgehead atoms. The number of ether oxygens (including phenoxy) is 1. The predicted molar refractivity (Wildman–Crippen MR) is 75.1 cm³/mol. The Morgan fingerprint density at radius 3 is 2.84 bits per heavy atom. The lowest BCUT2D eigenvalue weighted by atomic mass is 9.89. The third kappa shape index (κ3) is 2.80. The number of rotatable bonds is 2.